The maximum absolute atomic E-state index is 6.03. The highest BCUT2D eigenvalue weighted by atomic mass is 35.5. The van der Waals surface area contributed by atoms with Gasteiger partial charge in [-0.1, -0.05) is 17.7 Å². The largest absolute Gasteiger partial charge is 0.398 e. The van der Waals surface area contributed by atoms with Crippen molar-refractivity contribution < 1.29 is 0 Å². The number of nitrogens with one attached hydrogen (secondary N) is 1. The molecule has 0 spiro atoms. The molecule has 3 nitrogen and oxygen atoms in total. The third kappa shape index (κ3) is 2.74. The van der Waals surface area contributed by atoms with E-state index in [0.29, 0.717) is 10.7 Å². The highest BCUT2D eigenvalue weighted by Crippen LogP contribution is 2.28. The number of rotatable bonds is 3. The van der Waals surface area contributed by atoms with Crippen molar-refractivity contribution in [3.05, 3.63) is 52.8 Å². The molecule has 94 valence electrons. The third-order valence-corrected chi connectivity index (χ3v) is 3.17. The van der Waals surface area contributed by atoms with Crippen LogP contribution in [-0.2, 0) is 0 Å². The second-order valence-corrected chi connectivity index (χ2v) is 4.72. The molecule has 0 aliphatic carbocycles. The van der Waals surface area contributed by atoms with E-state index in [4.69, 9.17) is 17.3 Å². The van der Waals surface area contributed by atoms with E-state index in [1.807, 2.05) is 37.3 Å². The summed E-state index contributed by atoms with van der Waals surface area (Å²) in [5, 5.41) is 3.96. The Morgan fingerprint density at radius 2 is 2.11 bits per heavy atom. The SMILES string of the molecule is Cc1cc(N)c(Cl)cc1NC(C)c1ccccn1. The van der Waals surface area contributed by atoms with Crippen LogP contribution in [0, 0.1) is 6.92 Å². The van der Waals surface area contributed by atoms with E-state index in [9.17, 15) is 0 Å². The molecule has 1 aromatic carbocycles. The zero-order chi connectivity index (χ0) is 13.1. The Morgan fingerprint density at radius 1 is 1.33 bits per heavy atom. The van der Waals surface area contributed by atoms with Crippen LogP contribution in [0.15, 0.2) is 36.5 Å². The summed E-state index contributed by atoms with van der Waals surface area (Å²) in [4.78, 5) is 4.32. The van der Waals surface area contributed by atoms with Gasteiger partial charge in [-0.2, -0.15) is 0 Å². The van der Waals surface area contributed by atoms with Crippen LogP contribution in [-0.4, -0.2) is 4.98 Å². The van der Waals surface area contributed by atoms with Gasteiger partial charge in [0.2, 0.25) is 0 Å². The van der Waals surface area contributed by atoms with Gasteiger partial charge in [0.15, 0.2) is 0 Å². The number of nitrogens with zero attached hydrogens (tertiary/aromatic N) is 1. The second kappa shape index (κ2) is 5.27. The fourth-order valence-corrected chi connectivity index (χ4v) is 1.96. The maximum Gasteiger partial charge on any atom is 0.0657 e. The first kappa shape index (κ1) is 12.7. The Balaban J connectivity index is 2.22. The van der Waals surface area contributed by atoms with Crippen molar-refractivity contribution in [1.29, 1.82) is 0 Å². The molecule has 4 heteroatoms. The number of hydrogen-bond donors (Lipinski definition) is 2. The van der Waals surface area contributed by atoms with Crippen molar-refractivity contribution in [3.8, 4) is 0 Å². The summed E-state index contributed by atoms with van der Waals surface area (Å²) in [5.41, 5.74) is 9.40. The van der Waals surface area contributed by atoms with E-state index in [-0.39, 0.29) is 6.04 Å². The highest BCUT2D eigenvalue weighted by Gasteiger charge is 2.09. The molecule has 0 amide bonds. The zero-order valence-corrected chi connectivity index (χ0v) is 11.2. The minimum atomic E-state index is 0.115. The number of halogens is 1. The molecule has 18 heavy (non-hydrogen) atoms. The van der Waals surface area contributed by atoms with Gasteiger partial charge in [0.25, 0.3) is 0 Å². The lowest BCUT2D eigenvalue weighted by atomic mass is 10.1. The summed E-state index contributed by atoms with van der Waals surface area (Å²) in [6, 6.07) is 9.71. The molecule has 0 fully saturated rings. The minimum Gasteiger partial charge on any atom is -0.398 e. The lowest BCUT2D eigenvalue weighted by molar-refractivity contribution is 0.838. The molecule has 3 N–H and O–H groups in total. The van der Waals surface area contributed by atoms with E-state index < -0.39 is 0 Å². The van der Waals surface area contributed by atoms with Crippen molar-refractivity contribution in [1.82, 2.24) is 4.98 Å². The van der Waals surface area contributed by atoms with Crippen LogP contribution in [0.1, 0.15) is 24.2 Å². The summed E-state index contributed by atoms with van der Waals surface area (Å²) in [6.07, 6.45) is 1.79. The molecule has 0 bridgehead atoms. The number of aryl methyl sites for hydroxylation is 1. The van der Waals surface area contributed by atoms with E-state index >= 15 is 0 Å². The fraction of sp³-hybridized carbons (Fsp3) is 0.214. The van der Waals surface area contributed by atoms with Gasteiger partial charge in [0.05, 0.1) is 22.4 Å². The summed E-state index contributed by atoms with van der Waals surface area (Å²) in [6.45, 7) is 4.06. The normalized spacial score (nSPS) is 12.2. The average Bonchev–Trinajstić information content (AvgIpc) is 2.37. The van der Waals surface area contributed by atoms with Crippen LogP contribution in [0.5, 0.6) is 0 Å². The number of aromatic nitrogens is 1. The third-order valence-electron chi connectivity index (χ3n) is 2.85. The van der Waals surface area contributed by atoms with Crippen molar-refractivity contribution >= 4 is 23.0 Å². The van der Waals surface area contributed by atoms with Gasteiger partial charge in [-0.3, -0.25) is 4.98 Å². The number of nitrogens with two attached hydrogens (primary N) is 1. The Bertz CT molecular complexity index is 540. The van der Waals surface area contributed by atoms with Crippen LogP contribution in [0.3, 0.4) is 0 Å². The van der Waals surface area contributed by atoms with Crippen molar-refractivity contribution in [3.63, 3.8) is 0 Å². The molecular formula is C14H16ClN3. The first-order chi connectivity index (χ1) is 8.58. The molecule has 1 heterocycles. The predicted molar refractivity (Wildman–Crippen MR) is 76.9 cm³/mol. The van der Waals surface area contributed by atoms with Gasteiger partial charge in [0, 0.05) is 11.9 Å². The number of benzene rings is 1. The standard InChI is InChI=1S/C14H16ClN3/c1-9-7-12(16)11(15)8-14(9)18-10(2)13-5-3-4-6-17-13/h3-8,10,18H,16H2,1-2H3. The smallest absolute Gasteiger partial charge is 0.0657 e. The summed E-state index contributed by atoms with van der Waals surface area (Å²) >= 11 is 6.03. The van der Waals surface area contributed by atoms with Gasteiger partial charge < -0.3 is 11.1 Å². The van der Waals surface area contributed by atoms with Gasteiger partial charge in [-0.15, -0.1) is 0 Å². The van der Waals surface area contributed by atoms with Crippen molar-refractivity contribution in [2.45, 2.75) is 19.9 Å². The van der Waals surface area contributed by atoms with Crippen LogP contribution in [0.2, 0.25) is 5.02 Å². The zero-order valence-electron chi connectivity index (χ0n) is 10.4. The number of pyridine rings is 1. The number of anilines is 2. The minimum absolute atomic E-state index is 0.115. The molecule has 2 rings (SSSR count). The van der Waals surface area contributed by atoms with Crippen LogP contribution in [0.4, 0.5) is 11.4 Å². The second-order valence-electron chi connectivity index (χ2n) is 4.31. The van der Waals surface area contributed by atoms with Gasteiger partial charge in [-0.25, -0.2) is 0 Å². The van der Waals surface area contributed by atoms with Crippen LogP contribution < -0.4 is 11.1 Å². The van der Waals surface area contributed by atoms with E-state index in [0.717, 1.165) is 16.9 Å². The molecule has 0 saturated carbocycles. The molecule has 0 radical (unpaired) electrons. The quantitative estimate of drug-likeness (QED) is 0.827. The highest BCUT2D eigenvalue weighted by molar-refractivity contribution is 6.33. The summed E-state index contributed by atoms with van der Waals surface area (Å²) in [7, 11) is 0. The van der Waals surface area contributed by atoms with Gasteiger partial charge in [-0.05, 0) is 43.7 Å². The molecule has 1 aromatic heterocycles. The Morgan fingerprint density at radius 3 is 2.78 bits per heavy atom. The number of hydrogen-bond acceptors (Lipinski definition) is 3. The molecule has 2 aromatic rings. The lowest BCUT2D eigenvalue weighted by Gasteiger charge is -2.17. The topological polar surface area (TPSA) is 50.9 Å². The Kier molecular flexibility index (Phi) is 3.72. The molecule has 0 aliphatic rings. The molecule has 0 aliphatic heterocycles. The lowest BCUT2D eigenvalue weighted by Crippen LogP contribution is -2.09. The van der Waals surface area contributed by atoms with Crippen molar-refractivity contribution in [2.75, 3.05) is 11.1 Å². The molecular weight excluding hydrogens is 246 g/mol. The van der Waals surface area contributed by atoms with E-state index in [1.54, 1.807) is 6.20 Å². The van der Waals surface area contributed by atoms with E-state index in [1.165, 1.54) is 0 Å². The molecule has 1 atom stereocenters. The summed E-state index contributed by atoms with van der Waals surface area (Å²) in [5.74, 6) is 0. The monoisotopic (exact) mass is 261 g/mol. The van der Waals surface area contributed by atoms with E-state index in [2.05, 4.69) is 17.2 Å². The molecule has 1 unspecified atom stereocenters. The molecule has 0 saturated heterocycles. The van der Waals surface area contributed by atoms with Gasteiger partial charge >= 0.3 is 0 Å². The van der Waals surface area contributed by atoms with Gasteiger partial charge in [0.1, 0.15) is 0 Å². The fourth-order valence-electron chi connectivity index (χ4n) is 1.80. The average molecular weight is 262 g/mol. The van der Waals surface area contributed by atoms with Crippen molar-refractivity contribution in [2.24, 2.45) is 0 Å². The van der Waals surface area contributed by atoms with Crippen LogP contribution in [0.25, 0.3) is 0 Å². The Labute approximate surface area is 112 Å². The number of nitrogen functional groups attached to an aromatic ring is 1. The Hall–Kier alpha value is -1.74. The maximum atomic E-state index is 6.03. The first-order valence-electron chi connectivity index (χ1n) is 5.81. The van der Waals surface area contributed by atoms with Crippen LogP contribution >= 0.6 is 11.6 Å². The summed E-state index contributed by atoms with van der Waals surface area (Å²) < 4.78 is 0. The predicted octanol–water partition coefficient (Wildman–Crippen LogP) is 3.80. The first-order valence-corrected chi connectivity index (χ1v) is 6.19.